The Morgan fingerprint density at radius 3 is 2.53 bits per heavy atom. The summed E-state index contributed by atoms with van der Waals surface area (Å²) in [7, 11) is 0. The lowest BCUT2D eigenvalue weighted by Crippen LogP contribution is -2.29. The van der Waals surface area contributed by atoms with Gasteiger partial charge in [-0.1, -0.05) is 0 Å². The molecule has 0 radical (unpaired) electrons. The van der Waals surface area contributed by atoms with Gasteiger partial charge in [-0.25, -0.2) is 4.79 Å². The van der Waals surface area contributed by atoms with Crippen LogP contribution in [0.15, 0.2) is 24.3 Å². The van der Waals surface area contributed by atoms with Gasteiger partial charge in [-0.3, -0.25) is 0 Å². The Kier molecular flexibility index (Phi) is 5.88. The molecule has 94 valence electrons. The topological polar surface area (TPSA) is 87.4 Å². The van der Waals surface area contributed by atoms with E-state index in [9.17, 15) is 4.79 Å². The van der Waals surface area contributed by atoms with E-state index in [1.165, 1.54) is 0 Å². The molecule has 1 aromatic rings. The second kappa shape index (κ2) is 7.51. The number of nitrogen functional groups attached to an aromatic ring is 1. The van der Waals surface area contributed by atoms with Crippen molar-refractivity contribution in [3.63, 3.8) is 0 Å². The van der Waals surface area contributed by atoms with Crippen LogP contribution in [0, 0.1) is 0 Å². The van der Waals surface area contributed by atoms with Gasteiger partial charge in [0.15, 0.2) is 0 Å². The molecule has 0 saturated heterocycles. The summed E-state index contributed by atoms with van der Waals surface area (Å²) in [5.41, 5.74) is 6.92. The third kappa shape index (κ3) is 5.77. The van der Waals surface area contributed by atoms with Crippen LogP contribution in [0.2, 0.25) is 0 Å². The van der Waals surface area contributed by atoms with Gasteiger partial charge in [0.05, 0.1) is 0 Å². The van der Waals surface area contributed by atoms with Gasteiger partial charge in [0.1, 0.15) is 0 Å². The zero-order chi connectivity index (χ0) is 12.5. The van der Waals surface area contributed by atoms with E-state index < -0.39 is 0 Å². The van der Waals surface area contributed by atoms with Crippen molar-refractivity contribution in [3.05, 3.63) is 24.3 Å². The van der Waals surface area contributed by atoms with Crippen LogP contribution in [-0.4, -0.2) is 24.3 Å². The van der Waals surface area contributed by atoms with E-state index in [-0.39, 0.29) is 12.6 Å². The molecule has 1 rings (SSSR count). The minimum atomic E-state index is -0.223. The smallest absolute Gasteiger partial charge is 0.319 e. The Labute approximate surface area is 101 Å². The molecule has 0 bridgehead atoms. The van der Waals surface area contributed by atoms with Crippen molar-refractivity contribution in [2.75, 3.05) is 24.2 Å². The van der Waals surface area contributed by atoms with Crippen LogP contribution in [0.5, 0.6) is 0 Å². The van der Waals surface area contributed by atoms with Gasteiger partial charge in [-0.15, -0.1) is 0 Å². The highest BCUT2D eigenvalue weighted by molar-refractivity contribution is 5.89. The molecule has 0 saturated carbocycles. The Morgan fingerprint density at radius 2 is 1.88 bits per heavy atom. The second-order valence-electron chi connectivity index (χ2n) is 3.79. The van der Waals surface area contributed by atoms with Crippen LogP contribution in [-0.2, 0) is 0 Å². The van der Waals surface area contributed by atoms with Crippen molar-refractivity contribution in [1.29, 1.82) is 0 Å². The van der Waals surface area contributed by atoms with Crippen molar-refractivity contribution >= 4 is 17.4 Å². The maximum Gasteiger partial charge on any atom is 0.319 e. The maximum absolute atomic E-state index is 11.4. The van der Waals surface area contributed by atoms with E-state index in [1.54, 1.807) is 24.3 Å². The summed E-state index contributed by atoms with van der Waals surface area (Å²) < 4.78 is 0. The van der Waals surface area contributed by atoms with Crippen molar-refractivity contribution in [2.24, 2.45) is 0 Å². The molecule has 0 atom stereocenters. The van der Waals surface area contributed by atoms with Crippen LogP contribution >= 0.6 is 0 Å². The van der Waals surface area contributed by atoms with Gasteiger partial charge < -0.3 is 21.5 Å². The summed E-state index contributed by atoms with van der Waals surface area (Å²) in [5.74, 6) is 0. The Balaban J connectivity index is 2.18. The quantitative estimate of drug-likeness (QED) is 0.447. The number of benzene rings is 1. The summed E-state index contributed by atoms with van der Waals surface area (Å²) in [6.07, 6.45) is 2.57. The molecule has 0 fully saturated rings. The maximum atomic E-state index is 11.4. The lowest BCUT2D eigenvalue weighted by molar-refractivity contribution is 0.251. The first-order valence-corrected chi connectivity index (χ1v) is 5.73. The number of carbonyl (C=O) groups is 1. The number of hydrogen-bond donors (Lipinski definition) is 4. The SMILES string of the molecule is Nc1ccc(NC(=O)NCCCCCO)cc1. The van der Waals surface area contributed by atoms with Gasteiger partial charge in [0.25, 0.3) is 0 Å². The van der Waals surface area contributed by atoms with Crippen LogP contribution in [0.1, 0.15) is 19.3 Å². The average Bonchev–Trinajstić information content (AvgIpc) is 2.32. The second-order valence-corrected chi connectivity index (χ2v) is 3.79. The van der Waals surface area contributed by atoms with Gasteiger partial charge >= 0.3 is 6.03 Å². The molecule has 17 heavy (non-hydrogen) atoms. The summed E-state index contributed by atoms with van der Waals surface area (Å²) in [6.45, 7) is 0.818. The number of rotatable bonds is 6. The first kappa shape index (κ1) is 13.3. The van der Waals surface area contributed by atoms with Crippen molar-refractivity contribution in [3.8, 4) is 0 Å². The van der Waals surface area contributed by atoms with Gasteiger partial charge in [0, 0.05) is 24.5 Å². The number of nitrogens with two attached hydrogens (primary N) is 1. The normalized spacial score (nSPS) is 9.94. The highest BCUT2D eigenvalue weighted by Crippen LogP contribution is 2.09. The van der Waals surface area contributed by atoms with Gasteiger partial charge in [-0.05, 0) is 43.5 Å². The Bertz CT molecular complexity index is 338. The zero-order valence-corrected chi connectivity index (χ0v) is 9.78. The third-order valence-electron chi connectivity index (χ3n) is 2.29. The van der Waals surface area contributed by atoms with E-state index in [0.717, 1.165) is 19.3 Å². The van der Waals surface area contributed by atoms with E-state index in [2.05, 4.69) is 10.6 Å². The Morgan fingerprint density at radius 1 is 1.18 bits per heavy atom. The fraction of sp³-hybridized carbons (Fsp3) is 0.417. The molecule has 5 heteroatoms. The highest BCUT2D eigenvalue weighted by atomic mass is 16.2. The molecule has 2 amide bonds. The van der Waals surface area contributed by atoms with Gasteiger partial charge in [-0.2, -0.15) is 0 Å². The lowest BCUT2D eigenvalue weighted by Gasteiger charge is -2.07. The standard InChI is InChI=1S/C12H19N3O2/c13-10-4-6-11(7-5-10)15-12(17)14-8-2-1-3-9-16/h4-7,16H,1-3,8-9,13H2,(H2,14,15,17). The largest absolute Gasteiger partial charge is 0.399 e. The molecule has 0 heterocycles. The van der Waals surface area contributed by atoms with Crippen LogP contribution in [0.3, 0.4) is 0 Å². The number of aliphatic hydroxyl groups is 1. The number of anilines is 2. The molecule has 0 aliphatic heterocycles. The molecule has 1 aromatic carbocycles. The van der Waals surface area contributed by atoms with Crippen LogP contribution in [0.25, 0.3) is 0 Å². The Hall–Kier alpha value is -1.75. The molecular weight excluding hydrogens is 218 g/mol. The fourth-order valence-corrected chi connectivity index (χ4v) is 1.36. The summed E-state index contributed by atoms with van der Waals surface area (Å²) >= 11 is 0. The average molecular weight is 237 g/mol. The summed E-state index contributed by atoms with van der Waals surface area (Å²) in [5, 5.41) is 14.0. The van der Waals surface area contributed by atoms with Gasteiger partial charge in [0.2, 0.25) is 0 Å². The van der Waals surface area contributed by atoms with E-state index in [4.69, 9.17) is 10.8 Å². The molecule has 0 spiro atoms. The van der Waals surface area contributed by atoms with E-state index in [0.29, 0.717) is 17.9 Å². The minimum Gasteiger partial charge on any atom is -0.399 e. The minimum absolute atomic E-state index is 0.206. The molecule has 5 nitrogen and oxygen atoms in total. The lowest BCUT2D eigenvalue weighted by atomic mass is 10.2. The third-order valence-corrected chi connectivity index (χ3v) is 2.29. The molecule has 0 aliphatic carbocycles. The molecule has 0 unspecified atom stereocenters. The summed E-state index contributed by atoms with van der Waals surface area (Å²) in [4.78, 5) is 11.4. The van der Waals surface area contributed by atoms with Crippen LogP contribution < -0.4 is 16.4 Å². The number of urea groups is 1. The van der Waals surface area contributed by atoms with E-state index in [1.807, 2.05) is 0 Å². The molecule has 0 aromatic heterocycles. The first-order chi connectivity index (χ1) is 8.22. The monoisotopic (exact) mass is 237 g/mol. The number of hydrogen-bond acceptors (Lipinski definition) is 3. The highest BCUT2D eigenvalue weighted by Gasteiger charge is 2.00. The summed E-state index contributed by atoms with van der Waals surface area (Å²) in [6, 6.07) is 6.74. The van der Waals surface area contributed by atoms with Crippen molar-refractivity contribution in [2.45, 2.75) is 19.3 Å². The number of amides is 2. The van der Waals surface area contributed by atoms with Crippen molar-refractivity contribution < 1.29 is 9.90 Å². The van der Waals surface area contributed by atoms with E-state index >= 15 is 0 Å². The fourth-order valence-electron chi connectivity index (χ4n) is 1.36. The predicted octanol–water partition coefficient (Wildman–Crippen LogP) is 1.55. The molecule has 0 aliphatic rings. The zero-order valence-electron chi connectivity index (χ0n) is 9.78. The number of carbonyl (C=O) groups excluding carboxylic acids is 1. The predicted molar refractivity (Wildman–Crippen MR) is 68.8 cm³/mol. The molecule has 5 N–H and O–H groups in total. The molecular formula is C12H19N3O2. The number of nitrogens with one attached hydrogen (secondary N) is 2. The number of aliphatic hydroxyl groups excluding tert-OH is 1. The number of unbranched alkanes of at least 4 members (excludes halogenated alkanes) is 2. The van der Waals surface area contributed by atoms with Crippen LogP contribution in [0.4, 0.5) is 16.2 Å². The van der Waals surface area contributed by atoms with Crippen molar-refractivity contribution in [1.82, 2.24) is 5.32 Å². The first-order valence-electron chi connectivity index (χ1n) is 5.73.